The van der Waals surface area contributed by atoms with Crippen LogP contribution in [0.3, 0.4) is 0 Å². The van der Waals surface area contributed by atoms with Gasteiger partial charge in [0.25, 0.3) is 0 Å². The zero-order valence-corrected chi connectivity index (χ0v) is 16.3. The second-order valence-electron chi connectivity index (χ2n) is 8.12. The molecule has 0 amide bonds. The molecule has 0 radical (unpaired) electrons. The maximum atomic E-state index is 10.0. The molecule has 2 rings (SSSR count). The Kier molecular flexibility index (Phi) is 7.48. The van der Waals surface area contributed by atoms with Crippen molar-refractivity contribution in [3.8, 4) is 5.75 Å². The predicted molar refractivity (Wildman–Crippen MR) is 107 cm³/mol. The lowest BCUT2D eigenvalue weighted by Gasteiger charge is -2.44. The second kappa shape index (κ2) is 9.38. The van der Waals surface area contributed by atoms with Gasteiger partial charge in [0.1, 0.15) is 5.75 Å². The molecule has 0 spiro atoms. The van der Waals surface area contributed by atoms with E-state index in [1.165, 1.54) is 11.1 Å². The van der Waals surface area contributed by atoms with E-state index in [2.05, 4.69) is 32.2 Å². The van der Waals surface area contributed by atoms with Gasteiger partial charge in [-0.05, 0) is 67.6 Å². The van der Waals surface area contributed by atoms with Gasteiger partial charge in [-0.25, -0.2) is 0 Å². The van der Waals surface area contributed by atoms with Crippen LogP contribution in [0, 0.1) is 17.3 Å². The summed E-state index contributed by atoms with van der Waals surface area (Å²) in [6.07, 6.45) is 5.82. The summed E-state index contributed by atoms with van der Waals surface area (Å²) >= 11 is 0. The molecule has 0 bridgehead atoms. The van der Waals surface area contributed by atoms with Crippen LogP contribution in [-0.4, -0.2) is 30.0 Å². The van der Waals surface area contributed by atoms with Gasteiger partial charge >= 0.3 is 0 Å². The minimum Gasteiger partial charge on any atom is -0.493 e. The van der Waals surface area contributed by atoms with Crippen molar-refractivity contribution >= 4 is 0 Å². The van der Waals surface area contributed by atoms with Crippen LogP contribution in [0.15, 0.2) is 49.1 Å². The minimum atomic E-state index is -0.0654. The highest BCUT2D eigenvalue weighted by Crippen LogP contribution is 2.50. The second-order valence-corrected chi connectivity index (χ2v) is 8.12. The Morgan fingerprint density at radius 3 is 2.58 bits per heavy atom. The van der Waals surface area contributed by atoms with Crippen molar-refractivity contribution in [2.45, 2.75) is 45.4 Å². The molecule has 1 aromatic rings. The lowest BCUT2D eigenvalue weighted by atomic mass is 9.61. The molecular weight excluding hydrogens is 324 g/mol. The van der Waals surface area contributed by atoms with Gasteiger partial charge in [-0.2, -0.15) is 0 Å². The van der Waals surface area contributed by atoms with Crippen molar-refractivity contribution in [1.82, 2.24) is 0 Å². The Morgan fingerprint density at radius 1 is 1.35 bits per heavy atom. The molecule has 1 aliphatic carbocycles. The lowest BCUT2D eigenvalue weighted by molar-refractivity contribution is 0.0604. The van der Waals surface area contributed by atoms with Crippen LogP contribution in [0.4, 0.5) is 0 Å². The zero-order chi connectivity index (χ0) is 19.2. The van der Waals surface area contributed by atoms with Gasteiger partial charge in [0, 0.05) is 19.1 Å². The van der Waals surface area contributed by atoms with Gasteiger partial charge in [0.15, 0.2) is 0 Å². The molecule has 1 aliphatic rings. The van der Waals surface area contributed by atoms with Crippen LogP contribution in [0.2, 0.25) is 0 Å². The average Bonchev–Trinajstić information content (AvgIpc) is 2.66. The molecule has 1 unspecified atom stereocenters. The zero-order valence-electron chi connectivity index (χ0n) is 16.3. The molecule has 0 aliphatic heterocycles. The smallest absolute Gasteiger partial charge is 0.119 e. The first-order valence-corrected chi connectivity index (χ1v) is 9.65. The summed E-state index contributed by atoms with van der Waals surface area (Å²) in [6.45, 7) is 13.0. The van der Waals surface area contributed by atoms with Crippen LogP contribution >= 0.6 is 0 Å². The Bertz CT molecular complexity index is 592. The molecule has 3 nitrogen and oxygen atoms in total. The van der Waals surface area contributed by atoms with E-state index in [4.69, 9.17) is 9.84 Å². The van der Waals surface area contributed by atoms with E-state index >= 15 is 0 Å². The van der Waals surface area contributed by atoms with Crippen molar-refractivity contribution < 1.29 is 14.9 Å². The van der Waals surface area contributed by atoms with Crippen LogP contribution in [0.25, 0.3) is 0 Å². The van der Waals surface area contributed by atoms with Crippen molar-refractivity contribution in [1.29, 1.82) is 0 Å². The normalized spacial score (nSPS) is 26.9. The highest BCUT2D eigenvalue weighted by molar-refractivity contribution is 5.32. The first-order chi connectivity index (χ1) is 12.4. The SMILES string of the molecule is C=CC[C@]1(CO)CC[C@@H](C(=C)C)[C@H](c2ccc(OCC(C)CO)cc2)C1. The summed E-state index contributed by atoms with van der Waals surface area (Å²) in [4.78, 5) is 0. The van der Waals surface area contributed by atoms with Crippen molar-refractivity contribution in [2.75, 3.05) is 19.8 Å². The summed E-state index contributed by atoms with van der Waals surface area (Å²) < 4.78 is 5.75. The topological polar surface area (TPSA) is 49.7 Å². The monoisotopic (exact) mass is 358 g/mol. The number of hydrogen-bond donors (Lipinski definition) is 2. The van der Waals surface area contributed by atoms with Crippen LogP contribution in [0.1, 0.15) is 51.0 Å². The third-order valence-electron chi connectivity index (χ3n) is 5.82. The fourth-order valence-electron chi connectivity index (χ4n) is 4.12. The van der Waals surface area contributed by atoms with Gasteiger partial charge in [0.05, 0.1) is 6.61 Å². The highest BCUT2D eigenvalue weighted by Gasteiger charge is 2.40. The Hall–Kier alpha value is -1.58. The quantitative estimate of drug-likeness (QED) is 0.629. The molecular formula is C23H34O3. The van der Waals surface area contributed by atoms with Gasteiger partial charge in [-0.15, -0.1) is 6.58 Å². The van der Waals surface area contributed by atoms with Crippen molar-refractivity contribution in [2.24, 2.45) is 17.3 Å². The third kappa shape index (κ3) is 4.99. The van der Waals surface area contributed by atoms with Crippen molar-refractivity contribution in [3.63, 3.8) is 0 Å². The first kappa shape index (κ1) is 20.7. The summed E-state index contributed by atoms with van der Waals surface area (Å²) in [5.41, 5.74) is 2.43. The summed E-state index contributed by atoms with van der Waals surface area (Å²) in [5, 5.41) is 19.1. The number of hydrogen-bond acceptors (Lipinski definition) is 3. The fraction of sp³-hybridized carbons (Fsp3) is 0.565. The van der Waals surface area contributed by atoms with Crippen molar-refractivity contribution in [3.05, 3.63) is 54.6 Å². The standard InChI is InChI=1S/C23H34O3/c1-5-11-23(16-25)12-10-21(17(2)3)22(13-23)19-6-8-20(9-7-19)26-15-18(4)14-24/h5-9,18,21-22,24-25H,1-2,10-16H2,3-4H3/t18?,21-,22-,23-/m0/s1. The van der Waals surface area contributed by atoms with E-state index in [1.54, 1.807) is 0 Å². The summed E-state index contributed by atoms with van der Waals surface area (Å²) in [5.74, 6) is 1.76. The molecule has 0 heterocycles. The lowest BCUT2D eigenvalue weighted by Crippen LogP contribution is -2.35. The van der Waals surface area contributed by atoms with Crippen LogP contribution in [0.5, 0.6) is 5.75 Å². The van der Waals surface area contributed by atoms with Gasteiger partial charge in [-0.3, -0.25) is 0 Å². The number of aliphatic hydroxyl groups is 2. The molecule has 3 heteroatoms. The molecule has 0 aromatic heterocycles. The van der Waals surface area contributed by atoms with Crippen LogP contribution < -0.4 is 4.74 Å². The molecule has 4 atom stereocenters. The number of ether oxygens (including phenoxy) is 1. The maximum absolute atomic E-state index is 10.0. The molecule has 1 aromatic carbocycles. The van der Waals surface area contributed by atoms with E-state index in [0.29, 0.717) is 18.4 Å². The van der Waals surface area contributed by atoms with Gasteiger partial charge < -0.3 is 14.9 Å². The number of rotatable bonds is 9. The van der Waals surface area contributed by atoms with Crippen LogP contribution in [-0.2, 0) is 0 Å². The Morgan fingerprint density at radius 2 is 2.04 bits per heavy atom. The summed E-state index contributed by atoms with van der Waals surface area (Å²) in [7, 11) is 0. The molecule has 1 saturated carbocycles. The van der Waals surface area contributed by atoms with E-state index in [1.807, 2.05) is 25.1 Å². The highest BCUT2D eigenvalue weighted by atomic mass is 16.5. The molecule has 0 saturated heterocycles. The Balaban J connectivity index is 2.18. The molecule has 144 valence electrons. The fourth-order valence-corrected chi connectivity index (χ4v) is 4.12. The van der Waals surface area contributed by atoms with Gasteiger partial charge in [0.2, 0.25) is 0 Å². The number of aliphatic hydroxyl groups excluding tert-OH is 2. The number of benzene rings is 1. The maximum Gasteiger partial charge on any atom is 0.119 e. The first-order valence-electron chi connectivity index (χ1n) is 9.65. The van der Waals surface area contributed by atoms with E-state index in [9.17, 15) is 5.11 Å². The molecule has 26 heavy (non-hydrogen) atoms. The van der Waals surface area contributed by atoms with E-state index < -0.39 is 0 Å². The average molecular weight is 359 g/mol. The Labute approximate surface area is 158 Å². The van der Waals surface area contributed by atoms with E-state index in [0.717, 1.165) is 31.4 Å². The number of allylic oxidation sites excluding steroid dienone is 2. The largest absolute Gasteiger partial charge is 0.493 e. The molecule has 2 N–H and O–H groups in total. The predicted octanol–water partition coefficient (Wildman–Crippen LogP) is 4.71. The summed E-state index contributed by atoms with van der Waals surface area (Å²) in [6, 6.07) is 8.30. The molecule has 1 fully saturated rings. The minimum absolute atomic E-state index is 0.0654. The van der Waals surface area contributed by atoms with Gasteiger partial charge in [-0.1, -0.05) is 37.3 Å². The third-order valence-corrected chi connectivity index (χ3v) is 5.82. The van der Waals surface area contributed by atoms with E-state index in [-0.39, 0.29) is 24.5 Å².